The molecule has 5 aromatic rings. The van der Waals surface area contributed by atoms with Crippen molar-refractivity contribution in [2.45, 2.75) is 20.8 Å². The fourth-order valence-electron chi connectivity index (χ4n) is 4.30. The molecule has 0 bridgehead atoms. The summed E-state index contributed by atoms with van der Waals surface area (Å²) < 4.78 is 2.19. The standard InChI is InChI=1S/C31H27NO/c1-21-8-14-24(15-9-21)27-20-29(25-16-10-22(2)11-17-25)32(28-6-4-5-7-30(28)33)31(27)26-18-12-23(3)13-19-26/h4-20,33H,1-3H3. The molecule has 33 heavy (non-hydrogen) atoms. The molecule has 0 saturated heterocycles. The van der Waals surface area contributed by atoms with Gasteiger partial charge in [0.05, 0.1) is 17.1 Å². The summed E-state index contributed by atoms with van der Waals surface area (Å²) in [5, 5.41) is 10.9. The number of phenolic OH excluding ortho intramolecular Hbond substituents is 1. The van der Waals surface area contributed by atoms with Crippen LogP contribution in [-0.2, 0) is 0 Å². The van der Waals surface area contributed by atoms with Crippen LogP contribution in [0.2, 0.25) is 0 Å². The summed E-state index contributed by atoms with van der Waals surface area (Å²) in [6.45, 7) is 6.31. The normalized spacial score (nSPS) is 11.0. The minimum atomic E-state index is 0.255. The van der Waals surface area contributed by atoms with Crippen LogP contribution in [0.1, 0.15) is 16.7 Å². The van der Waals surface area contributed by atoms with Crippen molar-refractivity contribution in [2.24, 2.45) is 0 Å². The summed E-state index contributed by atoms with van der Waals surface area (Å²) in [5.41, 5.74) is 11.0. The van der Waals surface area contributed by atoms with E-state index in [1.807, 2.05) is 18.2 Å². The molecule has 0 unspecified atom stereocenters. The maximum absolute atomic E-state index is 10.9. The van der Waals surface area contributed by atoms with E-state index < -0.39 is 0 Å². The van der Waals surface area contributed by atoms with E-state index in [1.54, 1.807) is 6.07 Å². The van der Waals surface area contributed by atoms with Gasteiger partial charge in [0.15, 0.2) is 0 Å². The molecular weight excluding hydrogens is 402 g/mol. The summed E-state index contributed by atoms with van der Waals surface area (Å²) in [6.07, 6.45) is 0. The zero-order valence-corrected chi connectivity index (χ0v) is 19.2. The third-order valence-electron chi connectivity index (χ3n) is 6.16. The quantitative estimate of drug-likeness (QED) is 0.307. The van der Waals surface area contributed by atoms with Gasteiger partial charge in [0.25, 0.3) is 0 Å². The van der Waals surface area contributed by atoms with Crippen LogP contribution in [0.25, 0.3) is 39.3 Å². The Morgan fingerprint density at radius 2 is 1.03 bits per heavy atom. The van der Waals surface area contributed by atoms with Crippen LogP contribution in [0.4, 0.5) is 0 Å². The van der Waals surface area contributed by atoms with Crippen molar-refractivity contribution in [3.05, 3.63) is 120 Å². The van der Waals surface area contributed by atoms with Gasteiger partial charge < -0.3 is 9.67 Å². The van der Waals surface area contributed by atoms with Gasteiger partial charge in [-0.1, -0.05) is 102 Å². The van der Waals surface area contributed by atoms with Gasteiger partial charge in [-0.15, -0.1) is 0 Å². The molecule has 1 aromatic heterocycles. The molecule has 5 rings (SSSR count). The van der Waals surface area contributed by atoms with Crippen molar-refractivity contribution in [1.82, 2.24) is 4.57 Å². The minimum Gasteiger partial charge on any atom is -0.506 e. The predicted octanol–water partition coefficient (Wildman–Crippen LogP) is 8.11. The molecule has 0 aliphatic carbocycles. The number of aromatic hydroxyl groups is 1. The minimum absolute atomic E-state index is 0.255. The molecule has 2 nitrogen and oxygen atoms in total. The highest BCUT2D eigenvalue weighted by Gasteiger charge is 2.22. The molecule has 0 aliphatic heterocycles. The van der Waals surface area contributed by atoms with E-state index in [0.717, 1.165) is 39.3 Å². The number of rotatable bonds is 4. The van der Waals surface area contributed by atoms with Gasteiger partial charge in [-0.25, -0.2) is 0 Å². The zero-order chi connectivity index (χ0) is 22.9. The third-order valence-corrected chi connectivity index (χ3v) is 6.16. The molecule has 0 saturated carbocycles. The number of hydrogen-bond acceptors (Lipinski definition) is 1. The van der Waals surface area contributed by atoms with Crippen molar-refractivity contribution in [2.75, 3.05) is 0 Å². The molecule has 2 heteroatoms. The van der Waals surface area contributed by atoms with Gasteiger partial charge in [-0.05, 0) is 55.7 Å². The summed E-state index contributed by atoms with van der Waals surface area (Å²) in [5.74, 6) is 0.255. The molecule has 1 heterocycles. The lowest BCUT2D eigenvalue weighted by Crippen LogP contribution is -2.00. The van der Waals surface area contributed by atoms with Crippen LogP contribution in [0.15, 0.2) is 103 Å². The molecule has 162 valence electrons. The highest BCUT2D eigenvalue weighted by molar-refractivity contribution is 5.89. The third kappa shape index (κ3) is 3.96. The fourth-order valence-corrected chi connectivity index (χ4v) is 4.30. The molecule has 0 atom stereocenters. The summed E-state index contributed by atoms with van der Waals surface area (Å²) in [4.78, 5) is 0. The largest absolute Gasteiger partial charge is 0.506 e. The second kappa shape index (κ2) is 8.48. The topological polar surface area (TPSA) is 25.2 Å². The summed E-state index contributed by atoms with van der Waals surface area (Å²) in [7, 11) is 0. The lowest BCUT2D eigenvalue weighted by Gasteiger charge is -2.17. The van der Waals surface area contributed by atoms with E-state index in [2.05, 4.69) is 104 Å². The number of aryl methyl sites for hydroxylation is 3. The Hall–Kier alpha value is -4.04. The van der Waals surface area contributed by atoms with Crippen LogP contribution < -0.4 is 0 Å². The number of para-hydroxylation sites is 2. The van der Waals surface area contributed by atoms with Gasteiger partial charge in [0.2, 0.25) is 0 Å². The van der Waals surface area contributed by atoms with E-state index in [-0.39, 0.29) is 5.75 Å². The van der Waals surface area contributed by atoms with Gasteiger partial charge in [0, 0.05) is 5.56 Å². The van der Waals surface area contributed by atoms with E-state index in [9.17, 15) is 5.11 Å². The first kappa shape index (κ1) is 20.8. The van der Waals surface area contributed by atoms with Gasteiger partial charge >= 0.3 is 0 Å². The van der Waals surface area contributed by atoms with Crippen LogP contribution in [-0.4, -0.2) is 9.67 Å². The maximum Gasteiger partial charge on any atom is 0.139 e. The van der Waals surface area contributed by atoms with Crippen LogP contribution >= 0.6 is 0 Å². The highest BCUT2D eigenvalue weighted by Crippen LogP contribution is 2.42. The molecule has 0 spiro atoms. The number of benzene rings is 4. The lowest BCUT2D eigenvalue weighted by molar-refractivity contribution is 0.472. The van der Waals surface area contributed by atoms with Crippen molar-refractivity contribution < 1.29 is 5.11 Å². The second-order valence-electron chi connectivity index (χ2n) is 8.71. The summed E-state index contributed by atoms with van der Waals surface area (Å²) >= 11 is 0. The van der Waals surface area contributed by atoms with E-state index in [1.165, 1.54) is 16.7 Å². The van der Waals surface area contributed by atoms with Gasteiger partial charge in [-0.2, -0.15) is 0 Å². The van der Waals surface area contributed by atoms with E-state index in [4.69, 9.17) is 0 Å². The molecule has 0 fully saturated rings. The second-order valence-corrected chi connectivity index (χ2v) is 8.71. The SMILES string of the molecule is Cc1ccc(-c2cc(-c3ccc(C)cc3)n(-c3ccccc3O)c2-c2ccc(C)cc2)cc1. The number of nitrogens with zero attached hydrogens (tertiary/aromatic N) is 1. The van der Waals surface area contributed by atoms with Crippen molar-refractivity contribution in [1.29, 1.82) is 0 Å². The maximum atomic E-state index is 10.9. The van der Waals surface area contributed by atoms with Gasteiger partial charge in [0.1, 0.15) is 5.75 Å². The van der Waals surface area contributed by atoms with Crippen LogP contribution in [0, 0.1) is 20.8 Å². The van der Waals surface area contributed by atoms with Gasteiger partial charge in [-0.3, -0.25) is 0 Å². The first-order chi connectivity index (χ1) is 16.0. The monoisotopic (exact) mass is 429 g/mol. The Morgan fingerprint density at radius 1 is 0.545 bits per heavy atom. The molecule has 0 amide bonds. The Morgan fingerprint density at radius 3 is 1.58 bits per heavy atom. The predicted molar refractivity (Wildman–Crippen MR) is 138 cm³/mol. The average molecular weight is 430 g/mol. The Bertz CT molecular complexity index is 1410. The molecule has 0 aliphatic rings. The number of hydrogen-bond donors (Lipinski definition) is 1. The van der Waals surface area contributed by atoms with E-state index >= 15 is 0 Å². The fraction of sp³-hybridized carbons (Fsp3) is 0.0968. The van der Waals surface area contributed by atoms with Crippen LogP contribution in [0.3, 0.4) is 0 Å². The number of phenols is 1. The van der Waals surface area contributed by atoms with Crippen LogP contribution in [0.5, 0.6) is 5.75 Å². The zero-order valence-electron chi connectivity index (χ0n) is 19.2. The molecular formula is C31H27NO. The first-order valence-corrected chi connectivity index (χ1v) is 11.3. The Labute approximate surface area is 195 Å². The van der Waals surface area contributed by atoms with Crippen molar-refractivity contribution in [3.63, 3.8) is 0 Å². The first-order valence-electron chi connectivity index (χ1n) is 11.3. The average Bonchev–Trinajstić information content (AvgIpc) is 3.21. The smallest absolute Gasteiger partial charge is 0.139 e. The molecule has 4 aromatic carbocycles. The Kier molecular flexibility index (Phi) is 5.35. The van der Waals surface area contributed by atoms with Crippen molar-refractivity contribution >= 4 is 0 Å². The highest BCUT2D eigenvalue weighted by atomic mass is 16.3. The van der Waals surface area contributed by atoms with E-state index in [0.29, 0.717) is 0 Å². The lowest BCUT2D eigenvalue weighted by atomic mass is 9.99. The van der Waals surface area contributed by atoms with Crippen molar-refractivity contribution in [3.8, 4) is 45.1 Å². The molecule has 0 radical (unpaired) electrons. The summed E-state index contributed by atoms with van der Waals surface area (Å²) in [6, 6.07) is 35.6. The molecule has 1 N–H and O–H groups in total. The Balaban J connectivity index is 1.89. The number of aromatic nitrogens is 1.